The Balaban J connectivity index is 1.57. The number of aliphatic hydroxyl groups excluding tert-OH is 1. The lowest BCUT2D eigenvalue weighted by molar-refractivity contribution is -0.180. The highest BCUT2D eigenvalue weighted by Crippen LogP contribution is 2.35. The van der Waals surface area contributed by atoms with Gasteiger partial charge in [0.1, 0.15) is 17.2 Å². The first kappa shape index (κ1) is 24.1. The predicted molar refractivity (Wildman–Crippen MR) is 131 cm³/mol. The molecule has 6 nitrogen and oxygen atoms in total. The fraction of sp³-hybridized carbons (Fsp3) is 0.357. The summed E-state index contributed by atoms with van der Waals surface area (Å²) in [6, 6.07) is 21.8. The van der Waals surface area contributed by atoms with Crippen LogP contribution in [-0.2, 0) is 11.3 Å². The van der Waals surface area contributed by atoms with Crippen molar-refractivity contribution in [2.24, 2.45) is 0 Å². The molecular weight excluding hydrogens is 430 g/mol. The molecule has 0 spiro atoms. The molecule has 1 heterocycles. The van der Waals surface area contributed by atoms with Crippen LogP contribution in [0.25, 0.3) is 0 Å². The van der Waals surface area contributed by atoms with E-state index in [9.17, 15) is 5.11 Å². The molecule has 0 amide bonds. The van der Waals surface area contributed by atoms with Gasteiger partial charge in [0.25, 0.3) is 0 Å². The van der Waals surface area contributed by atoms with Crippen LogP contribution in [0.2, 0.25) is 0 Å². The standard InChI is InChI=1S/C28H33NO5/c1-28(2)33-18-22-16-21(10-15-26(22)34-28)25(30)17-29(3)27(19-6-11-23(31-4)12-7-19)20-8-13-24(32-5)14-9-20/h6-16,25,27,30H,17-18H2,1-5H3. The van der Waals surface area contributed by atoms with E-state index in [1.165, 1.54) is 0 Å². The SMILES string of the molecule is COc1ccc(C(c2ccc(OC)cc2)N(C)CC(O)c2ccc3c(c2)COC(C)(C)O3)cc1. The fourth-order valence-corrected chi connectivity index (χ4v) is 4.32. The third kappa shape index (κ3) is 5.36. The maximum absolute atomic E-state index is 11.1. The number of hydrogen-bond donors (Lipinski definition) is 1. The van der Waals surface area contributed by atoms with E-state index in [0.29, 0.717) is 13.2 Å². The number of ether oxygens (including phenoxy) is 4. The Morgan fingerprint density at radius 3 is 1.94 bits per heavy atom. The molecule has 6 heteroatoms. The Labute approximate surface area is 201 Å². The molecule has 1 atom stereocenters. The summed E-state index contributed by atoms with van der Waals surface area (Å²) >= 11 is 0. The third-order valence-corrected chi connectivity index (χ3v) is 6.17. The van der Waals surface area contributed by atoms with Crippen molar-refractivity contribution in [3.63, 3.8) is 0 Å². The molecule has 3 aromatic carbocycles. The molecule has 1 aliphatic heterocycles. The molecular formula is C28H33NO5. The van der Waals surface area contributed by atoms with Crippen molar-refractivity contribution in [1.29, 1.82) is 0 Å². The first-order valence-corrected chi connectivity index (χ1v) is 11.4. The zero-order chi connectivity index (χ0) is 24.3. The monoisotopic (exact) mass is 463 g/mol. The Kier molecular flexibility index (Phi) is 7.12. The number of rotatable bonds is 8. The van der Waals surface area contributed by atoms with E-state index >= 15 is 0 Å². The van der Waals surface area contributed by atoms with E-state index in [-0.39, 0.29) is 6.04 Å². The van der Waals surface area contributed by atoms with Gasteiger partial charge in [0.2, 0.25) is 5.79 Å². The van der Waals surface area contributed by atoms with Gasteiger partial charge in [-0.1, -0.05) is 30.3 Å². The van der Waals surface area contributed by atoms with Crippen LogP contribution in [0.3, 0.4) is 0 Å². The lowest BCUT2D eigenvalue weighted by atomic mass is 9.96. The molecule has 0 bridgehead atoms. The fourth-order valence-electron chi connectivity index (χ4n) is 4.32. The maximum Gasteiger partial charge on any atom is 0.205 e. The molecule has 34 heavy (non-hydrogen) atoms. The van der Waals surface area contributed by atoms with Crippen molar-refractivity contribution in [2.75, 3.05) is 27.8 Å². The Morgan fingerprint density at radius 2 is 1.41 bits per heavy atom. The maximum atomic E-state index is 11.1. The molecule has 1 N–H and O–H groups in total. The first-order chi connectivity index (χ1) is 16.3. The zero-order valence-electron chi connectivity index (χ0n) is 20.4. The molecule has 0 fully saturated rings. The minimum absolute atomic E-state index is 0.0587. The number of nitrogens with zero attached hydrogens (tertiary/aromatic N) is 1. The number of likely N-dealkylation sites (N-methyl/N-ethyl adjacent to an activating group) is 1. The molecule has 4 rings (SSSR count). The normalized spacial score (nSPS) is 15.5. The highest BCUT2D eigenvalue weighted by atomic mass is 16.7. The highest BCUT2D eigenvalue weighted by Gasteiger charge is 2.28. The summed E-state index contributed by atoms with van der Waals surface area (Å²) in [6.45, 7) is 4.69. The number of aliphatic hydroxyl groups is 1. The topological polar surface area (TPSA) is 60.4 Å². The highest BCUT2D eigenvalue weighted by molar-refractivity contribution is 5.40. The van der Waals surface area contributed by atoms with Crippen molar-refractivity contribution in [1.82, 2.24) is 4.90 Å². The predicted octanol–water partition coefficient (Wildman–Crippen LogP) is 5.10. The average Bonchev–Trinajstić information content (AvgIpc) is 2.84. The molecule has 0 aromatic heterocycles. The second-order valence-electron chi connectivity index (χ2n) is 9.06. The van der Waals surface area contributed by atoms with Crippen LogP contribution in [0, 0.1) is 0 Å². The lowest BCUT2D eigenvalue weighted by Crippen LogP contribution is -2.35. The van der Waals surface area contributed by atoms with Crippen LogP contribution in [0.1, 0.15) is 48.2 Å². The summed E-state index contributed by atoms with van der Waals surface area (Å²) in [5.41, 5.74) is 3.99. The van der Waals surface area contributed by atoms with E-state index in [4.69, 9.17) is 18.9 Å². The number of benzene rings is 3. The second-order valence-corrected chi connectivity index (χ2v) is 9.06. The average molecular weight is 464 g/mol. The largest absolute Gasteiger partial charge is 0.497 e. The third-order valence-electron chi connectivity index (χ3n) is 6.17. The van der Waals surface area contributed by atoms with Crippen molar-refractivity contribution < 1.29 is 24.1 Å². The van der Waals surface area contributed by atoms with Gasteiger partial charge in [-0.2, -0.15) is 0 Å². The van der Waals surface area contributed by atoms with Crippen LogP contribution < -0.4 is 14.2 Å². The summed E-state index contributed by atoms with van der Waals surface area (Å²) in [4.78, 5) is 2.16. The smallest absolute Gasteiger partial charge is 0.205 e. The van der Waals surface area contributed by atoms with Gasteiger partial charge in [-0.15, -0.1) is 0 Å². The van der Waals surface area contributed by atoms with Gasteiger partial charge in [-0.05, 0) is 60.1 Å². The molecule has 1 aliphatic rings. The van der Waals surface area contributed by atoms with Gasteiger partial charge >= 0.3 is 0 Å². The van der Waals surface area contributed by atoms with Gasteiger partial charge in [0, 0.05) is 26.0 Å². The van der Waals surface area contributed by atoms with Crippen molar-refractivity contribution in [3.8, 4) is 17.2 Å². The van der Waals surface area contributed by atoms with Gasteiger partial charge < -0.3 is 24.1 Å². The Hall–Kier alpha value is -3.06. The Morgan fingerprint density at radius 1 is 0.882 bits per heavy atom. The number of hydrogen-bond acceptors (Lipinski definition) is 6. The van der Waals surface area contributed by atoms with E-state index < -0.39 is 11.9 Å². The minimum atomic E-state index is -0.677. The van der Waals surface area contributed by atoms with Gasteiger partial charge in [0.05, 0.1) is 33.0 Å². The molecule has 0 aliphatic carbocycles. The van der Waals surface area contributed by atoms with Gasteiger partial charge in [0.15, 0.2) is 0 Å². The lowest BCUT2D eigenvalue weighted by Gasteiger charge is -2.33. The van der Waals surface area contributed by atoms with Crippen LogP contribution in [0.15, 0.2) is 66.7 Å². The summed E-state index contributed by atoms with van der Waals surface area (Å²) in [6.07, 6.45) is -0.677. The molecule has 0 saturated carbocycles. The zero-order valence-corrected chi connectivity index (χ0v) is 20.4. The minimum Gasteiger partial charge on any atom is -0.497 e. The van der Waals surface area contributed by atoms with Crippen molar-refractivity contribution in [2.45, 2.75) is 38.4 Å². The van der Waals surface area contributed by atoms with E-state index in [1.54, 1.807) is 14.2 Å². The Bertz CT molecular complexity index is 1050. The van der Waals surface area contributed by atoms with Gasteiger partial charge in [-0.25, -0.2) is 0 Å². The van der Waals surface area contributed by atoms with Crippen LogP contribution >= 0.6 is 0 Å². The van der Waals surface area contributed by atoms with Crippen LogP contribution in [0.4, 0.5) is 0 Å². The van der Waals surface area contributed by atoms with E-state index in [1.807, 2.05) is 63.4 Å². The van der Waals surface area contributed by atoms with Crippen molar-refractivity contribution in [3.05, 3.63) is 89.0 Å². The summed E-state index contributed by atoms with van der Waals surface area (Å²) < 4.78 is 22.3. The van der Waals surface area contributed by atoms with Crippen LogP contribution in [-0.4, -0.2) is 43.6 Å². The second kappa shape index (κ2) is 10.1. The van der Waals surface area contributed by atoms with E-state index in [0.717, 1.165) is 39.5 Å². The van der Waals surface area contributed by atoms with Gasteiger partial charge in [-0.3, -0.25) is 4.90 Å². The molecule has 180 valence electrons. The number of fused-ring (bicyclic) bond motifs is 1. The summed E-state index contributed by atoms with van der Waals surface area (Å²) in [5.74, 6) is 1.77. The summed E-state index contributed by atoms with van der Waals surface area (Å²) in [5, 5.41) is 11.1. The molecule has 0 saturated heterocycles. The van der Waals surface area contributed by atoms with E-state index in [2.05, 4.69) is 29.2 Å². The molecule has 1 unspecified atom stereocenters. The number of methoxy groups -OCH3 is 2. The first-order valence-electron chi connectivity index (χ1n) is 11.4. The van der Waals surface area contributed by atoms with Crippen LogP contribution in [0.5, 0.6) is 17.2 Å². The quantitative estimate of drug-likeness (QED) is 0.501. The summed E-state index contributed by atoms with van der Waals surface area (Å²) in [7, 11) is 5.34. The molecule has 3 aromatic rings. The molecule has 0 radical (unpaired) electrons. The van der Waals surface area contributed by atoms with Crippen molar-refractivity contribution >= 4 is 0 Å².